The Morgan fingerprint density at radius 3 is 2.63 bits per heavy atom. The van der Waals surface area contributed by atoms with Gasteiger partial charge < -0.3 is 10.5 Å². The first-order chi connectivity index (χ1) is 9.08. The van der Waals surface area contributed by atoms with Crippen LogP contribution in [0.25, 0.3) is 11.3 Å². The molecular formula is C15H21N3O. The van der Waals surface area contributed by atoms with Gasteiger partial charge in [-0.1, -0.05) is 0 Å². The van der Waals surface area contributed by atoms with Crippen molar-refractivity contribution in [3.05, 3.63) is 35.0 Å². The van der Waals surface area contributed by atoms with E-state index in [1.54, 1.807) is 7.11 Å². The summed E-state index contributed by atoms with van der Waals surface area (Å²) in [6, 6.07) is 6.21. The molecule has 0 saturated carbocycles. The summed E-state index contributed by atoms with van der Waals surface area (Å²) in [6.07, 6.45) is 0.808. The van der Waals surface area contributed by atoms with Crippen molar-refractivity contribution in [2.24, 2.45) is 12.8 Å². The summed E-state index contributed by atoms with van der Waals surface area (Å²) in [6.45, 7) is 4.81. The first-order valence-electron chi connectivity index (χ1n) is 6.46. The number of methoxy groups -OCH3 is 1. The molecule has 0 unspecified atom stereocenters. The smallest absolute Gasteiger partial charge is 0.122 e. The Balaban J connectivity index is 2.50. The van der Waals surface area contributed by atoms with Gasteiger partial charge in [0.25, 0.3) is 0 Å². The highest BCUT2D eigenvalue weighted by Gasteiger charge is 2.12. The molecule has 0 fully saturated rings. The molecule has 4 heteroatoms. The van der Waals surface area contributed by atoms with Gasteiger partial charge in [0.15, 0.2) is 0 Å². The van der Waals surface area contributed by atoms with E-state index in [9.17, 15) is 0 Å². The molecule has 102 valence electrons. The second-order valence-corrected chi connectivity index (χ2v) is 4.75. The van der Waals surface area contributed by atoms with E-state index in [1.807, 2.05) is 17.8 Å². The van der Waals surface area contributed by atoms with Crippen LogP contribution >= 0.6 is 0 Å². The molecule has 0 saturated heterocycles. The lowest BCUT2D eigenvalue weighted by Crippen LogP contribution is -2.03. The van der Waals surface area contributed by atoms with E-state index < -0.39 is 0 Å². The number of hydrogen-bond donors (Lipinski definition) is 1. The van der Waals surface area contributed by atoms with Crippen LogP contribution in [0.5, 0.6) is 5.75 Å². The van der Waals surface area contributed by atoms with Gasteiger partial charge in [-0.05, 0) is 49.7 Å². The van der Waals surface area contributed by atoms with Crippen molar-refractivity contribution in [1.82, 2.24) is 9.78 Å². The number of nitrogens with zero attached hydrogens (tertiary/aromatic N) is 2. The maximum absolute atomic E-state index is 5.58. The molecule has 4 nitrogen and oxygen atoms in total. The van der Waals surface area contributed by atoms with Gasteiger partial charge in [0, 0.05) is 19.0 Å². The Kier molecular flexibility index (Phi) is 3.90. The summed E-state index contributed by atoms with van der Waals surface area (Å²) in [4.78, 5) is 0. The third-order valence-corrected chi connectivity index (χ3v) is 3.56. The molecule has 0 aliphatic rings. The van der Waals surface area contributed by atoms with E-state index in [4.69, 9.17) is 10.5 Å². The summed E-state index contributed by atoms with van der Waals surface area (Å²) in [7, 11) is 3.67. The van der Waals surface area contributed by atoms with Gasteiger partial charge in [-0.3, -0.25) is 4.68 Å². The van der Waals surface area contributed by atoms with Crippen molar-refractivity contribution in [2.75, 3.05) is 13.7 Å². The fraction of sp³-hybridized carbons (Fsp3) is 0.400. The van der Waals surface area contributed by atoms with E-state index in [1.165, 1.54) is 16.7 Å². The van der Waals surface area contributed by atoms with Crippen molar-refractivity contribution in [3.8, 4) is 17.0 Å². The van der Waals surface area contributed by atoms with Gasteiger partial charge in [0.2, 0.25) is 0 Å². The fourth-order valence-corrected chi connectivity index (χ4v) is 2.34. The molecule has 0 amide bonds. The Labute approximate surface area is 114 Å². The number of aromatic nitrogens is 2. The number of aryl methyl sites for hydroxylation is 1. The Morgan fingerprint density at radius 2 is 2.00 bits per heavy atom. The quantitative estimate of drug-likeness (QED) is 0.916. The van der Waals surface area contributed by atoms with E-state index >= 15 is 0 Å². The monoisotopic (exact) mass is 259 g/mol. The van der Waals surface area contributed by atoms with Crippen LogP contribution in [-0.2, 0) is 13.5 Å². The van der Waals surface area contributed by atoms with Crippen LogP contribution < -0.4 is 10.5 Å². The number of benzene rings is 1. The van der Waals surface area contributed by atoms with Crippen LogP contribution in [0.4, 0.5) is 0 Å². The minimum Gasteiger partial charge on any atom is -0.496 e. The molecule has 19 heavy (non-hydrogen) atoms. The lowest BCUT2D eigenvalue weighted by molar-refractivity contribution is 0.411. The first kappa shape index (κ1) is 13.6. The predicted molar refractivity (Wildman–Crippen MR) is 77.4 cm³/mol. The van der Waals surface area contributed by atoms with Gasteiger partial charge in [0.05, 0.1) is 18.5 Å². The number of rotatable bonds is 4. The highest BCUT2D eigenvalue weighted by atomic mass is 16.5. The minimum atomic E-state index is 0.622. The molecule has 2 rings (SSSR count). The number of hydrogen-bond acceptors (Lipinski definition) is 3. The van der Waals surface area contributed by atoms with Crippen LogP contribution in [-0.4, -0.2) is 23.4 Å². The van der Waals surface area contributed by atoms with E-state index in [2.05, 4.69) is 31.1 Å². The summed E-state index contributed by atoms with van der Waals surface area (Å²) < 4.78 is 7.27. The van der Waals surface area contributed by atoms with Crippen LogP contribution in [0.2, 0.25) is 0 Å². The average Bonchev–Trinajstić information content (AvgIpc) is 2.74. The van der Waals surface area contributed by atoms with Crippen LogP contribution in [0.3, 0.4) is 0 Å². The van der Waals surface area contributed by atoms with Crippen LogP contribution in [0.15, 0.2) is 18.2 Å². The van der Waals surface area contributed by atoms with Crippen molar-refractivity contribution >= 4 is 0 Å². The minimum absolute atomic E-state index is 0.622. The van der Waals surface area contributed by atoms with Gasteiger partial charge in [-0.25, -0.2) is 0 Å². The van der Waals surface area contributed by atoms with E-state index in [0.717, 1.165) is 23.6 Å². The standard InChI is InChI=1S/C15H21N3O/c1-10-11(2)15(19-4)6-5-13(10)14-9-12(7-8-16)17-18(14)3/h5-6,9H,7-8,16H2,1-4H3. The Morgan fingerprint density at radius 1 is 1.26 bits per heavy atom. The fourth-order valence-electron chi connectivity index (χ4n) is 2.34. The first-order valence-corrected chi connectivity index (χ1v) is 6.46. The third kappa shape index (κ3) is 2.49. The maximum Gasteiger partial charge on any atom is 0.122 e. The molecule has 0 aliphatic carbocycles. The molecule has 2 N–H and O–H groups in total. The van der Waals surface area contributed by atoms with Gasteiger partial charge in [-0.2, -0.15) is 5.10 Å². The average molecular weight is 259 g/mol. The maximum atomic E-state index is 5.58. The van der Waals surface area contributed by atoms with E-state index in [0.29, 0.717) is 6.54 Å². The second-order valence-electron chi connectivity index (χ2n) is 4.75. The predicted octanol–water partition coefficient (Wildman–Crippen LogP) is 2.21. The van der Waals surface area contributed by atoms with Crippen molar-refractivity contribution in [1.29, 1.82) is 0 Å². The second kappa shape index (κ2) is 5.45. The highest BCUT2D eigenvalue weighted by molar-refractivity contribution is 5.67. The molecule has 1 heterocycles. The molecule has 0 aliphatic heterocycles. The topological polar surface area (TPSA) is 53.1 Å². The van der Waals surface area contributed by atoms with Crippen molar-refractivity contribution in [2.45, 2.75) is 20.3 Å². The zero-order valence-electron chi connectivity index (χ0n) is 12.0. The van der Waals surface area contributed by atoms with Crippen LogP contribution in [0.1, 0.15) is 16.8 Å². The molecule has 0 radical (unpaired) electrons. The summed E-state index contributed by atoms with van der Waals surface area (Å²) in [5, 5.41) is 4.50. The largest absolute Gasteiger partial charge is 0.496 e. The molecule has 1 aromatic heterocycles. The Hall–Kier alpha value is -1.81. The molecule has 2 aromatic rings. The third-order valence-electron chi connectivity index (χ3n) is 3.56. The molecule has 0 atom stereocenters. The van der Waals surface area contributed by atoms with E-state index in [-0.39, 0.29) is 0 Å². The lowest BCUT2D eigenvalue weighted by Gasteiger charge is -2.12. The summed E-state index contributed by atoms with van der Waals surface area (Å²) >= 11 is 0. The number of nitrogens with two attached hydrogens (primary N) is 1. The Bertz CT molecular complexity index is 587. The normalized spacial score (nSPS) is 10.8. The lowest BCUT2D eigenvalue weighted by atomic mass is 9.99. The highest BCUT2D eigenvalue weighted by Crippen LogP contribution is 2.31. The van der Waals surface area contributed by atoms with Crippen molar-refractivity contribution < 1.29 is 4.74 Å². The van der Waals surface area contributed by atoms with Gasteiger partial charge >= 0.3 is 0 Å². The van der Waals surface area contributed by atoms with Crippen LogP contribution in [0, 0.1) is 13.8 Å². The van der Waals surface area contributed by atoms with Crippen molar-refractivity contribution in [3.63, 3.8) is 0 Å². The molecule has 0 bridgehead atoms. The van der Waals surface area contributed by atoms with Gasteiger partial charge in [-0.15, -0.1) is 0 Å². The zero-order valence-corrected chi connectivity index (χ0v) is 12.0. The summed E-state index contributed by atoms with van der Waals surface area (Å²) in [5.74, 6) is 0.922. The SMILES string of the molecule is COc1ccc(-c2cc(CCN)nn2C)c(C)c1C. The molecule has 0 spiro atoms. The number of ether oxygens (including phenoxy) is 1. The zero-order chi connectivity index (χ0) is 14.0. The van der Waals surface area contributed by atoms with Gasteiger partial charge in [0.1, 0.15) is 5.75 Å². The molecular weight excluding hydrogens is 238 g/mol. The summed E-state index contributed by atoms with van der Waals surface area (Å²) in [5.41, 5.74) is 11.3. The molecule has 1 aromatic carbocycles.